The molecule has 0 unspecified atom stereocenters. The van der Waals surface area contributed by atoms with Gasteiger partial charge in [-0.25, -0.2) is 4.68 Å². The molecule has 2 aromatic heterocycles. The standard InChI is InChI=1S/C22H22Cl2N4OS/c1-25-14-6-9-27(10-7-14)22(29)20-16-3-5-19-15(8-11-30-19)21(16)28(26-20)18-4-2-13(23)12-17(18)24/h2,4,8,11-12,14,25H,3,5-7,9-10H2,1H3. The van der Waals surface area contributed by atoms with Gasteiger partial charge in [-0.1, -0.05) is 23.2 Å². The lowest BCUT2D eigenvalue weighted by atomic mass is 9.94. The summed E-state index contributed by atoms with van der Waals surface area (Å²) in [4.78, 5) is 16.7. The maximum atomic E-state index is 13.5. The number of nitrogens with zero attached hydrogens (tertiary/aromatic N) is 3. The average Bonchev–Trinajstić information content (AvgIpc) is 3.38. The van der Waals surface area contributed by atoms with Gasteiger partial charge in [-0.15, -0.1) is 11.3 Å². The number of rotatable bonds is 3. The van der Waals surface area contributed by atoms with Crippen molar-refractivity contribution in [3.8, 4) is 16.9 Å². The molecule has 1 fully saturated rings. The number of aryl methyl sites for hydroxylation is 1. The highest BCUT2D eigenvalue weighted by molar-refractivity contribution is 7.10. The Kier molecular flexibility index (Phi) is 5.35. The lowest BCUT2D eigenvalue weighted by molar-refractivity contribution is 0.0700. The molecule has 5 nitrogen and oxygen atoms in total. The first-order valence-corrected chi connectivity index (χ1v) is 11.8. The maximum absolute atomic E-state index is 13.5. The van der Waals surface area contributed by atoms with E-state index in [4.69, 9.17) is 28.3 Å². The van der Waals surface area contributed by atoms with E-state index in [2.05, 4.69) is 16.8 Å². The van der Waals surface area contributed by atoms with Crippen LogP contribution in [0.15, 0.2) is 29.6 Å². The first kappa shape index (κ1) is 20.1. The molecule has 30 heavy (non-hydrogen) atoms. The van der Waals surface area contributed by atoms with Crippen LogP contribution in [0, 0.1) is 0 Å². The topological polar surface area (TPSA) is 50.2 Å². The Bertz CT molecular complexity index is 1110. The molecule has 2 aliphatic rings. The lowest BCUT2D eigenvalue weighted by Crippen LogP contribution is -2.44. The van der Waals surface area contributed by atoms with Crippen molar-refractivity contribution in [1.29, 1.82) is 0 Å². The van der Waals surface area contributed by atoms with Gasteiger partial charge < -0.3 is 10.2 Å². The van der Waals surface area contributed by atoms with E-state index in [0.717, 1.165) is 61.3 Å². The number of thiophene rings is 1. The maximum Gasteiger partial charge on any atom is 0.274 e. The van der Waals surface area contributed by atoms with E-state index in [1.165, 1.54) is 4.88 Å². The van der Waals surface area contributed by atoms with Crippen molar-refractivity contribution < 1.29 is 4.79 Å². The second-order valence-corrected chi connectivity index (χ2v) is 9.64. The highest BCUT2D eigenvalue weighted by Crippen LogP contribution is 2.41. The molecule has 5 rings (SSSR count). The van der Waals surface area contributed by atoms with Crippen LogP contribution in [0.4, 0.5) is 0 Å². The zero-order chi connectivity index (χ0) is 20.8. The van der Waals surface area contributed by atoms with Crippen molar-refractivity contribution in [3.05, 3.63) is 55.8 Å². The molecule has 0 atom stereocenters. The van der Waals surface area contributed by atoms with Crippen LogP contribution >= 0.6 is 34.5 Å². The van der Waals surface area contributed by atoms with E-state index in [9.17, 15) is 4.79 Å². The van der Waals surface area contributed by atoms with Gasteiger partial charge >= 0.3 is 0 Å². The number of halogens is 2. The van der Waals surface area contributed by atoms with E-state index in [-0.39, 0.29) is 5.91 Å². The zero-order valence-electron chi connectivity index (χ0n) is 16.6. The van der Waals surface area contributed by atoms with Crippen LogP contribution in [-0.2, 0) is 12.8 Å². The first-order chi connectivity index (χ1) is 14.6. The fourth-order valence-electron chi connectivity index (χ4n) is 4.47. The Balaban J connectivity index is 1.61. The van der Waals surface area contributed by atoms with Crippen molar-refractivity contribution in [3.63, 3.8) is 0 Å². The van der Waals surface area contributed by atoms with Crippen LogP contribution in [0.5, 0.6) is 0 Å². The Morgan fingerprint density at radius 3 is 2.73 bits per heavy atom. The number of amides is 1. The molecule has 1 amide bonds. The number of nitrogens with one attached hydrogen (secondary N) is 1. The van der Waals surface area contributed by atoms with Crippen molar-refractivity contribution in [2.75, 3.05) is 20.1 Å². The summed E-state index contributed by atoms with van der Waals surface area (Å²) >= 11 is 14.4. The highest BCUT2D eigenvalue weighted by Gasteiger charge is 2.33. The number of likely N-dealkylation sites (tertiary alicyclic amines) is 1. The second-order valence-electron chi connectivity index (χ2n) is 7.80. The Labute approximate surface area is 189 Å². The number of piperidine rings is 1. The van der Waals surface area contributed by atoms with Gasteiger partial charge in [-0.2, -0.15) is 5.10 Å². The third kappa shape index (κ3) is 3.36. The molecule has 1 aromatic carbocycles. The fourth-order valence-corrected chi connectivity index (χ4v) is 5.84. The average molecular weight is 461 g/mol. The van der Waals surface area contributed by atoms with E-state index >= 15 is 0 Å². The van der Waals surface area contributed by atoms with Crippen LogP contribution in [-0.4, -0.2) is 46.8 Å². The van der Waals surface area contributed by atoms with Gasteiger partial charge in [-0.05, 0) is 62.4 Å². The molecule has 156 valence electrons. The quantitative estimate of drug-likeness (QED) is 0.608. The zero-order valence-corrected chi connectivity index (χ0v) is 18.9. The molecular formula is C22H22Cl2N4OS. The van der Waals surface area contributed by atoms with Gasteiger partial charge in [0.2, 0.25) is 0 Å². The van der Waals surface area contributed by atoms with Crippen molar-refractivity contribution in [1.82, 2.24) is 20.0 Å². The Hall–Kier alpha value is -1.86. The summed E-state index contributed by atoms with van der Waals surface area (Å²) in [6.07, 6.45) is 3.66. The van der Waals surface area contributed by atoms with Crippen molar-refractivity contribution in [2.24, 2.45) is 0 Å². The number of carbonyl (C=O) groups is 1. The van der Waals surface area contributed by atoms with Crippen LogP contribution in [0.25, 0.3) is 16.9 Å². The Morgan fingerprint density at radius 1 is 1.20 bits per heavy atom. The van der Waals surface area contributed by atoms with E-state index in [1.54, 1.807) is 23.5 Å². The van der Waals surface area contributed by atoms with Crippen LogP contribution in [0.2, 0.25) is 10.0 Å². The normalized spacial score (nSPS) is 16.4. The summed E-state index contributed by atoms with van der Waals surface area (Å²) < 4.78 is 1.84. The third-order valence-corrected chi connectivity index (χ3v) is 7.64. The largest absolute Gasteiger partial charge is 0.337 e. The molecule has 3 heterocycles. The van der Waals surface area contributed by atoms with Crippen LogP contribution < -0.4 is 5.32 Å². The molecule has 1 N–H and O–H groups in total. The van der Waals surface area contributed by atoms with Gasteiger partial charge in [0.1, 0.15) is 0 Å². The smallest absolute Gasteiger partial charge is 0.274 e. The van der Waals surface area contributed by atoms with E-state index < -0.39 is 0 Å². The number of hydrogen-bond acceptors (Lipinski definition) is 4. The molecule has 1 saturated heterocycles. The summed E-state index contributed by atoms with van der Waals surface area (Å²) in [5.41, 5.74) is 4.44. The summed E-state index contributed by atoms with van der Waals surface area (Å²) in [6, 6.07) is 7.98. The number of benzene rings is 1. The third-order valence-electron chi connectivity index (χ3n) is 6.12. The molecule has 0 saturated carbocycles. The number of carbonyl (C=O) groups excluding carboxylic acids is 1. The predicted octanol–water partition coefficient (Wildman–Crippen LogP) is 4.83. The van der Waals surface area contributed by atoms with E-state index in [0.29, 0.717) is 21.8 Å². The molecule has 0 bridgehead atoms. The molecule has 1 aliphatic carbocycles. The molecular weight excluding hydrogens is 439 g/mol. The van der Waals surface area contributed by atoms with Gasteiger partial charge in [-0.3, -0.25) is 4.79 Å². The molecule has 3 aromatic rings. The fraction of sp³-hybridized carbons (Fsp3) is 0.364. The van der Waals surface area contributed by atoms with E-state index in [1.807, 2.05) is 22.7 Å². The molecule has 8 heteroatoms. The predicted molar refractivity (Wildman–Crippen MR) is 122 cm³/mol. The minimum absolute atomic E-state index is 0.0170. The SMILES string of the molecule is CNC1CCN(C(=O)c2nn(-c3ccc(Cl)cc3Cl)c3c2CCc2sccc2-3)CC1. The molecule has 1 aliphatic heterocycles. The number of aromatic nitrogens is 2. The van der Waals surface area contributed by atoms with Crippen LogP contribution in [0.3, 0.4) is 0 Å². The molecule has 0 spiro atoms. The van der Waals surface area contributed by atoms with Gasteiger partial charge in [0.25, 0.3) is 5.91 Å². The minimum Gasteiger partial charge on any atom is -0.337 e. The minimum atomic E-state index is 0.0170. The summed E-state index contributed by atoms with van der Waals surface area (Å²) in [7, 11) is 1.98. The second kappa shape index (κ2) is 8.00. The van der Waals surface area contributed by atoms with Crippen molar-refractivity contribution in [2.45, 2.75) is 31.7 Å². The van der Waals surface area contributed by atoms with Gasteiger partial charge in [0, 0.05) is 40.2 Å². The highest BCUT2D eigenvalue weighted by atomic mass is 35.5. The number of fused-ring (bicyclic) bond motifs is 3. The van der Waals surface area contributed by atoms with Crippen LogP contribution in [0.1, 0.15) is 33.8 Å². The first-order valence-electron chi connectivity index (χ1n) is 10.2. The summed E-state index contributed by atoms with van der Waals surface area (Å²) in [6.45, 7) is 1.49. The summed E-state index contributed by atoms with van der Waals surface area (Å²) in [5.74, 6) is 0.0170. The molecule has 0 radical (unpaired) electrons. The monoisotopic (exact) mass is 460 g/mol. The number of hydrogen-bond donors (Lipinski definition) is 1. The summed E-state index contributed by atoms with van der Waals surface area (Å²) in [5, 5.41) is 11.3. The van der Waals surface area contributed by atoms with Gasteiger partial charge in [0.05, 0.1) is 16.4 Å². The van der Waals surface area contributed by atoms with Gasteiger partial charge in [0.15, 0.2) is 5.69 Å². The van der Waals surface area contributed by atoms with Crippen molar-refractivity contribution >= 4 is 40.4 Å². The Morgan fingerprint density at radius 2 is 2.00 bits per heavy atom. The lowest BCUT2D eigenvalue weighted by Gasteiger charge is -2.31.